The third-order valence-electron chi connectivity index (χ3n) is 10.0. The number of aromatic nitrogens is 2. The molecule has 232 valence electrons. The molecule has 0 bridgehead atoms. The highest BCUT2D eigenvalue weighted by Crippen LogP contribution is 2.44. The third kappa shape index (κ3) is 3.99. The van der Waals surface area contributed by atoms with Gasteiger partial charge >= 0.3 is 0 Å². The first-order valence-electron chi connectivity index (χ1n) is 16.8. The van der Waals surface area contributed by atoms with Crippen LogP contribution in [0.15, 0.2) is 167 Å². The molecule has 0 radical (unpaired) electrons. The van der Waals surface area contributed by atoms with Crippen molar-refractivity contribution in [3.8, 4) is 44.9 Å². The van der Waals surface area contributed by atoms with Gasteiger partial charge in [0, 0.05) is 27.3 Å². The fraction of sp³-hybridized carbons (Fsp3) is 0. The maximum absolute atomic E-state index is 6.50. The quantitative estimate of drug-likeness (QED) is 0.180. The maximum atomic E-state index is 6.50. The number of benzene rings is 8. The Morgan fingerprint density at radius 2 is 0.920 bits per heavy atom. The minimum Gasteiger partial charge on any atom is -0.456 e. The SMILES string of the molecule is c1ccc(-c2nc(-c3cccc(-c4cccc(-c5cc6oc7cccc8c9ccccc9c(c5)c6c78)c4)c3)nc3c2oc2ccccc23)cc1. The molecule has 4 heteroatoms. The van der Waals surface area contributed by atoms with Gasteiger partial charge in [-0.05, 0) is 86.3 Å². The lowest BCUT2D eigenvalue weighted by molar-refractivity contribution is 0.667. The third-order valence-corrected chi connectivity index (χ3v) is 10.0. The van der Waals surface area contributed by atoms with Gasteiger partial charge in [0.25, 0.3) is 0 Å². The number of rotatable bonds is 4. The summed E-state index contributed by atoms with van der Waals surface area (Å²) in [4.78, 5) is 10.2. The molecule has 0 atom stereocenters. The predicted molar refractivity (Wildman–Crippen MR) is 205 cm³/mol. The molecule has 0 unspecified atom stereocenters. The molecular formula is C46H26N2O2. The van der Waals surface area contributed by atoms with E-state index >= 15 is 0 Å². The highest BCUT2D eigenvalue weighted by atomic mass is 16.3. The molecule has 0 fully saturated rings. The van der Waals surface area contributed by atoms with E-state index < -0.39 is 0 Å². The molecule has 3 heterocycles. The maximum Gasteiger partial charge on any atom is 0.180 e. The van der Waals surface area contributed by atoms with Crippen molar-refractivity contribution in [1.82, 2.24) is 9.97 Å². The van der Waals surface area contributed by atoms with E-state index in [0.29, 0.717) is 11.4 Å². The summed E-state index contributed by atoms with van der Waals surface area (Å²) in [5, 5.41) is 8.31. The number of hydrogen-bond acceptors (Lipinski definition) is 4. The number of para-hydroxylation sites is 1. The number of furan rings is 2. The summed E-state index contributed by atoms with van der Waals surface area (Å²) >= 11 is 0. The van der Waals surface area contributed by atoms with Gasteiger partial charge in [0.1, 0.15) is 28.0 Å². The summed E-state index contributed by atoms with van der Waals surface area (Å²) in [6, 6.07) is 55.0. The Morgan fingerprint density at radius 1 is 0.340 bits per heavy atom. The topological polar surface area (TPSA) is 52.1 Å². The zero-order valence-electron chi connectivity index (χ0n) is 26.7. The zero-order valence-corrected chi connectivity index (χ0v) is 26.7. The van der Waals surface area contributed by atoms with Gasteiger partial charge < -0.3 is 8.83 Å². The Bertz CT molecular complexity index is 3100. The molecule has 0 saturated carbocycles. The smallest absolute Gasteiger partial charge is 0.180 e. The van der Waals surface area contributed by atoms with Crippen LogP contribution in [0.2, 0.25) is 0 Å². The average Bonchev–Trinajstić information content (AvgIpc) is 3.76. The van der Waals surface area contributed by atoms with Crippen molar-refractivity contribution in [2.75, 3.05) is 0 Å². The van der Waals surface area contributed by atoms with E-state index in [1.165, 1.54) is 32.3 Å². The molecule has 0 spiro atoms. The first kappa shape index (κ1) is 27.2. The summed E-state index contributed by atoms with van der Waals surface area (Å²) < 4.78 is 12.8. The van der Waals surface area contributed by atoms with Gasteiger partial charge in [0.15, 0.2) is 11.4 Å². The Hall–Kier alpha value is -6.78. The van der Waals surface area contributed by atoms with Crippen LogP contribution in [0.5, 0.6) is 0 Å². The van der Waals surface area contributed by atoms with Crippen LogP contribution in [-0.2, 0) is 0 Å². The molecule has 11 rings (SSSR count). The summed E-state index contributed by atoms with van der Waals surface area (Å²) in [5.41, 5.74) is 11.3. The summed E-state index contributed by atoms with van der Waals surface area (Å²) in [6.45, 7) is 0. The van der Waals surface area contributed by atoms with Crippen molar-refractivity contribution in [3.63, 3.8) is 0 Å². The van der Waals surface area contributed by atoms with Gasteiger partial charge in [0.2, 0.25) is 0 Å². The lowest BCUT2D eigenvalue weighted by Gasteiger charge is -2.11. The standard InChI is InChI=1S/C46H26N2O2/c1-2-11-27(12-3-1)43-45-44(36-19-6-7-21-38(36)50-45)48-46(47-43)31-16-9-14-29(24-31)28-13-8-15-30(23-28)32-25-37-34-18-5-4-17-33(34)35-20-10-22-39-41(35)42(37)40(26-32)49-39/h1-26H. The van der Waals surface area contributed by atoms with Crippen LogP contribution >= 0.6 is 0 Å². The molecule has 50 heavy (non-hydrogen) atoms. The minimum atomic E-state index is 0.661. The highest BCUT2D eigenvalue weighted by molar-refractivity contribution is 6.33. The van der Waals surface area contributed by atoms with Crippen molar-refractivity contribution < 1.29 is 8.83 Å². The molecule has 0 aliphatic carbocycles. The van der Waals surface area contributed by atoms with Crippen LogP contribution in [0.25, 0.3) is 110 Å². The molecule has 0 N–H and O–H groups in total. The van der Waals surface area contributed by atoms with Gasteiger partial charge in [-0.3, -0.25) is 0 Å². The fourth-order valence-electron chi connectivity index (χ4n) is 7.73. The van der Waals surface area contributed by atoms with Crippen LogP contribution in [0, 0.1) is 0 Å². The van der Waals surface area contributed by atoms with E-state index in [-0.39, 0.29) is 0 Å². The van der Waals surface area contributed by atoms with Crippen molar-refractivity contribution >= 4 is 65.6 Å². The Balaban J connectivity index is 1.06. The second-order valence-corrected chi connectivity index (χ2v) is 12.9. The predicted octanol–water partition coefficient (Wildman–Crippen LogP) is 12.7. The second kappa shape index (κ2) is 10.4. The monoisotopic (exact) mass is 638 g/mol. The molecular weight excluding hydrogens is 613 g/mol. The molecule has 11 aromatic rings. The van der Waals surface area contributed by atoms with E-state index in [9.17, 15) is 0 Å². The first-order valence-corrected chi connectivity index (χ1v) is 16.8. The lowest BCUT2D eigenvalue weighted by Crippen LogP contribution is -1.94. The van der Waals surface area contributed by atoms with E-state index in [1.54, 1.807) is 0 Å². The Morgan fingerprint density at radius 3 is 1.74 bits per heavy atom. The molecule has 4 nitrogen and oxygen atoms in total. The lowest BCUT2D eigenvalue weighted by atomic mass is 9.91. The normalized spacial score (nSPS) is 12.0. The molecule has 0 saturated heterocycles. The Kier molecular flexibility index (Phi) is 5.63. The van der Waals surface area contributed by atoms with Crippen LogP contribution in [-0.4, -0.2) is 9.97 Å². The average molecular weight is 639 g/mol. The number of fused-ring (bicyclic) bond motifs is 6. The largest absolute Gasteiger partial charge is 0.456 e. The molecule has 8 aromatic carbocycles. The van der Waals surface area contributed by atoms with Crippen molar-refractivity contribution in [3.05, 3.63) is 158 Å². The summed E-state index contributed by atoms with van der Waals surface area (Å²) in [7, 11) is 0. The van der Waals surface area contributed by atoms with Crippen LogP contribution in [0.3, 0.4) is 0 Å². The van der Waals surface area contributed by atoms with Gasteiger partial charge in [0.05, 0.1) is 0 Å². The molecule has 3 aromatic heterocycles. The van der Waals surface area contributed by atoms with E-state index in [2.05, 4.69) is 121 Å². The Labute approximate surface area is 286 Å². The minimum absolute atomic E-state index is 0.661. The van der Waals surface area contributed by atoms with Crippen molar-refractivity contribution in [1.29, 1.82) is 0 Å². The van der Waals surface area contributed by atoms with Gasteiger partial charge in [-0.15, -0.1) is 0 Å². The van der Waals surface area contributed by atoms with Gasteiger partial charge in [-0.25, -0.2) is 9.97 Å². The highest BCUT2D eigenvalue weighted by Gasteiger charge is 2.20. The summed E-state index contributed by atoms with van der Waals surface area (Å²) in [6.07, 6.45) is 0. The molecule has 0 aliphatic rings. The zero-order chi connectivity index (χ0) is 32.8. The fourth-order valence-corrected chi connectivity index (χ4v) is 7.73. The van der Waals surface area contributed by atoms with E-state index in [4.69, 9.17) is 18.8 Å². The van der Waals surface area contributed by atoms with Crippen LogP contribution in [0.1, 0.15) is 0 Å². The number of nitrogens with zero attached hydrogens (tertiary/aromatic N) is 2. The van der Waals surface area contributed by atoms with Gasteiger partial charge in [-0.2, -0.15) is 0 Å². The van der Waals surface area contributed by atoms with E-state index in [0.717, 1.165) is 66.7 Å². The van der Waals surface area contributed by atoms with Crippen molar-refractivity contribution in [2.24, 2.45) is 0 Å². The van der Waals surface area contributed by atoms with Crippen LogP contribution in [0.4, 0.5) is 0 Å². The second-order valence-electron chi connectivity index (χ2n) is 12.9. The van der Waals surface area contributed by atoms with Gasteiger partial charge in [-0.1, -0.05) is 115 Å². The number of hydrogen-bond donors (Lipinski definition) is 0. The first-order chi connectivity index (χ1) is 24.8. The summed E-state index contributed by atoms with van der Waals surface area (Å²) in [5.74, 6) is 0.661. The molecule has 0 aliphatic heterocycles. The molecule has 0 amide bonds. The van der Waals surface area contributed by atoms with Crippen LogP contribution < -0.4 is 0 Å². The van der Waals surface area contributed by atoms with E-state index in [1.807, 2.05) is 36.4 Å². The van der Waals surface area contributed by atoms with Crippen molar-refractivity contribution in [2.45, 2.75) is 0 Å².